The van der Waals surface area contributed by atoms with Gasteiger partial charge in [0.15, 0.2) is 11.5 Å². The summed E-state index contributed by atoms with van der Waals surface area (Å²) in [5.41, 5.74) is 3.34. The van der Waals surface area contributed by atoms with Gasteiger partial charge in [-0.2, -0.15) is 0 Å². The molecule has 0 aliphatic carbocycles. The number of anilines is 2. The van der Waals surface area contributed by atoms with Gasteiger partial charge >= 0.3 is 0 Å². The maximum absolute atomic E-state index is 12.3. The van der Waals surface area contributed by atoms with Gasteiger partial charge in [-0.05, 0) is 62.7 Å². The van der Waals surface area contributed by atoms with Crippen LogP contribution in [0, 0.1) is 6.92 Å². The quantitative estimate of drug-likeness (QED) is 0.645. The highest BCUT2D eigenvalue weighted by atomic mass is 16.5. The maximum Gasteiger partial charge on any atom is 0.272 e. The first kappa shape index (κ1) is 19.4. The van der Waals surface area contributed by atoms with Gasteiger partial charge < -0.3 is 15.4 Å². The molecule has 1 amide bonds. The Morgan fingerprint density at radius 1 is 1.04 bits per heavy atom. The molecule has 6 heteroatoms. The van der Waals surface area contributed by atoms with Crippen molar-refractivity contribution in [3.05, 3.63) is 77.5 Å². The first-order valence-electron chi connectivity index (χ1n) is 9.21. The van der Waals surface area contributed by atoms with Gasteiger partial charge in [0, 0.05) is 12.2 Å². The van der Waals surface area contributed by atoms with Crippen LogP contribution in [-0.2, 0) is 6.54 Å². The van der Waals surface area contributed by atoms with Crippen LogP contribution in [0.15, 0.2) is 60.7 Å². The number of aryl methyl sites for hydroxylation is 1. The van der Waals surface area contributed by atoms with Gasteiger partial charge in [0.25, 0.3) is 5.91 Å². The van der Waals surface area contributed by atoms with E-state index in [1.165, 1.54) is 0 Å². The lowest BCUT2D eigenvalue weighted by atomic mass is 10.1. The van der Waals surface area contributed by atoms with Gasteiger partial charge in [0.05, 0.1) is 6.10 Å². The molecule has 0 saturated carbocycles. The zero-order valence-corrected chi connectivity index (χ0v) is 16.3. The lowest BCUT2D eigenvalue weighted by Gasteiger charge is -2.11. The molecule has 3 aromatic rings. The van der Waals surface area contributed by atoms with E-state index >= 15 is 0 Å². The number of aromatic nitrogens is 2. The molecular weight excluding hydrogens is 352 g/mol. The predicted octanol–water partition coefficient (Wildman–Crippen LogP) is 4.25. The number of hydrogen-bond donors (Lipinski definition) is 2. The van der Waals surface area contributed by atoms with E-state index in [1.807, 2.05) is 69.3 Å². The van der Waals surface area contributed by atoms with Crippen LogP contribution in [0.25, 0.3) is 0 Å². The smallest absolute Gasteiger partial charge is 0.272 e. The highest BCUT2D eigenvalue weighted by molar-refractivity contribution is 5.92. The van der Waals surface area contributed by atoms with Gasteiger partial charge in [0.1, 0.15) is 5.75 Å². The fourth-order valence-electron chi connectivity index (χ4n) is 2.65. The Bertz CT molecular complexity index is 922. The molecule has 0 fully saturated rings. The van der Waals surface area contributed by atoms with Crippen molar-refractivity contribution < 1.29 is 9.53 Å². The molecule has 0 aliphatic heterocycles. The van der Waals surface area contributed by atoms with E-state index in [0.717, 1.165) is 22.6 Å². The van der Waals surface area contributed by atoms with E-state index in [0.29, 0.717) is 12.4 Å². The molecule has 144 valence electrons. The van der Waals surface area contributed by atoms with Crippen molar-refractivity contribution in [3.63, 3.8) is 0 Å². The van der Waals surface area contributed by atoms with Crippen molar-refractivity contribution in [2.24, 2.45) is 0 Å². The SMILES string of the molecule is Cc1cccc(CNC(=O)c2ccc(Nc3ccc(OC(C)C)cc3)nn2)c1. The summed E-state index contributed by atoms with van der Waals surface area (Å²) in [6, 6.07) is 19.0. The monoisotopic (exact) mass is 376 g/mol. The number of nitrogens with one attached hydrogen (secondary N) is 2. The summed E-state index contributed by atoms with van der Waals surface area (Å²) >= 11 is 0. The molecule has 0 aliphatic rings. The minimum absolute atomic E-state index is 0.134. The lowest BCUT2D eigenvalue weighted by Crippen LogP contribution is -2.24. The van der Waals surface area contributed by atoms with Gasteiger partial charge in [-0.15, -0.1) is 10.2 Å². The zero-order chi connectivity index (χ0) is 19.9. The van der Waals surface area contributed by atoms with Crippen LogP contribution in [0.3, 0.4) is 0 Å². The summed E-state index contributed by atoms with van der Waals surface area (Å²) in [5, 5.41) is 14.1. The van der Waals surface area contributed by atoms with Crippen LogP contribution in [0.1, 0.15) is 35.5 Å². The highest BCUT2D eigenvalue weighted by Gasteiger charge is 2.08. The predicted molar refractivity (Wildman–Crippen MR) is 110 cm³/mol. The molecule has 0 atom stereocenters. The molecular formula is C22H24N4O2. The van der Waals surface area contributed by atoms with Crippen molar-refractivity contribution >= 4 is 17.4 Å². The summed E-state index contributed by atoms with van der Waals surface area (Å²) < 4.78 is 5.62. The number of nitrogens with zero attached hydrogens (tertiary/aromatic N) is 2. The lowest BCUT2D eigenvalue weighted by molar-refractivity contribution is 0.0945. The molecule has 28 heavy (non-hydrogen) atoms. The molecule has 3 rings (SSSR count). The van der Waals surface area contributed by atoms with Crippen molar-refractivity contribution in [2.75, 3.05) is 5.32 Å². The summed E-state index contributed by atoms with van der Waals surface area (Å²) in [5.74, 6) is 1.12. The Kier molecular flexibility index (Phi) is 6.22. The molecule has 0 bridgehead atoms. The van der Waals surface area contributed by atoms with E-state index in [-0.39, 0.29) is 17.7 Å². The third-order valence-electron chi connectivity index (χ3n) is 3.93. The fourth-order valence-corrected chi connectivity index (χ4v) is 2.65. The topological polar surface area (TPSA) is 76.1 Å². The van der Waals surface area contributed by atoms with E-state index in [4.69, 9.17) is 4.74 Å². The number of rotatable bonds is 7. The average molecular weight is 376 g/mol. The minimum Gasteiger partial charge on any atom is -0.491 e. The number of benzene rings is 2. The van der Waals surface area contributed by atoms with Crippen LogP contribution < -0.4 is 15.4 Å². The molecule has 0 radical (unpaired) electrons. The van der Waals surface area contributed by atoms with Crippen molar-refractivity contribution in [3.8, 4) is 5.75 Å². The van der Waals surface area contributed by atoms with Crippen LogP contribution >= 0.6 is 0 Å². The maximum atomic E-state index is 12.3. The molecule has 2 aromatic carbocycles. The zero-order valence-electron chi connectivity index (χ0n) is 16.3. The van der Waals surface area contributed by atoms with Crippen molar-refractivity contribution in [2.45, 2.75) is 33.4 Å². The van der Waals surface area contributed by atoms with E-state index < -0.39 is 0 Å². The number of carbonyl (C=O) groups excluding carboxylic acids is 1. The van der Waals surface area contributed by atoms with E-state index in [1.54, 1.807) is 12.1 Å². The molecule has 1 heterocycles. The second kappa shape index (κ2) is 8.99. The third-order valence-corrected chi connectivity index (χ3v) is 3.93. The standard InChI is InChI=1S/C22H24N4O2/c1-15(2)28-19-9-7-18(8-10-19)24-21-12-11-20(25-26-21)22(27)23-14-17-6-4-5-16(3)13-17/h4-13,15H,14H2,1-3H3,(H,23,27)(H,24,26). The molecule has 0 unspecified atom stereocenters. The summed E-state index contributed by atoms with van der Waals surface area (Å²) in [4.78, 5) is 12.3. The van der Waals surface area contributed by atoms with Gasteiger partial charge in [-0.25, -0.2) is 0 Å². The summed E-state index contributed by atoms with van der Waals surface area (Å²) in [6.07, 6.45) is 0.134. The largest absolute Gasteiger partial charge is 0.491 e. The van der Waals surface area contributed by atoms with Gasteiger partial charge in [-0.1, -0.05) is 29.8 Å². The normalized spacial score (nSPS) is 10.6. The highest BCUT2D eigenvalue weighted by Crippen LogP contribution is 2.19. The van der Waals surface area contributed by atoms with E-state index in [9.17, 15) is 4.79 Å². The molecule has 1 aromatic heterocycles. The Morgan fingerprint density at radius 2 is 1.82 bits per heavy atom. The Morgan fingerprint density at radius 3 is 2.46 bits per heavy atom. The van der Waals surface area contributed by atoms with Crippen molar-refractivity contribution in [1.82, 2.24) is 15.5 Å². The molecule has 0 saturated heterocycles. The Labute approximate surface area is 165 Å². The molecule has 0 spiro atoms. The van der Waals surface area contributed by atoms with Gasteiger partial charge in [0.2, 0.25) is 0 Å². The summed E-state index contributed by atoms with van der Waals surface area (Å²) in [6.45, 7) is 6.45. The van der Waals surface area contributed by atoms with Crippen LogP contribution in [0.5, 0.6) is 5.75 Å². The fraction of sp³-hybridized carbons (Fsp3) is 0.227. The second-order valence-corrected chi connectivity index (χ2v) is 6.79. The van der Waals surface area contributed by atoms with Crippen molar-refractivity contribution in [1.29, 1.82) is 0 Å². The second-order valence-electron chi connectivity index (χ2n) is 6.79. The third kappa shape index (κ3) is 5.54. The van der Waals surface area contributed by atoms with Crippen LogP contribution in [0.4, 0.5) is 11.5 Å². The summed E-state index contributed by atoms with van der Waals surface area (Å²) in [7, 11) is 0. The Hall–Kier alpha value is -3.41. The average Bonchev–Trinajstić information content (AvgIpc) is 2.68. The number of carbonyl (C=O) groups is 1. The number of hydrogen-bond acceptors (Lipinski definition) is 5. The number of ether oxygens (including phenoxy) is 1. The number of amides is 1. The Balaban J connectivity index is 1.56. The first-order valence-corrected chi connectivity index (χ1v) is 9.21. The molecule has 6 nitrogen and oxygen atoms in total. The van der Waals surface area contributed by atoms with Crippen LogP contribution in [-0.4, -0.2) is 22.2 Å². The molecule has 2 N–H and O–H groups in total. The van der Waals surface area contributed by atoms with E-state index in [2.05, 4.69) is 20.8 Å². The van der Waals surface area contributed by atoms with Gasteiger partial charge in [-0.3, -0.25) is 4.79 Å². The van der Waals surface area contributed by atoms with Crippen LogP contribution in [0.2, 0.25) is 0 Å². The first-order chi connectivity index (χ1) is 13.5. The minimum atomic E-state index is -0.254.